The molecule has 0 saturated carbocycles. The van der Waals surface area contributed by atoms with E-state index in [1.54, 1.807) is 7.11 Å². The van der Waals surface area contributed by atoms with E-state index in [2.05, 4.69) is 12.2 Å². The highest BCUT2D eigenvalue weighted by atomic mass is 16.5. The summed E-state index contributed by atoms with van der Waals surface area (Å²) in [6.45, 7) is 3.34. The van der Waals surface area contributed by atoms with Crippen LogP contribution in [0.1, 0.15) is 18.9 Å². The van der Waals surface area contributed by atoms with Gasteiger partial charge in [0, 0.05) is 26.3 Å². The molecule has 2 atom stereocenters. The van der Waals surface area contributed by atoms with Crippen LogP contribution in [-0.4, -0.2) is 55.8 Å². The van der Waals surface area contributed by atoms with E-state index in [1.807, 2.05) is 24.3 Å². The van der Waals surface area contributed by atoms with Crippen molar-refractivity contribution in [3.05, 3.63) is 29.8 Å². The highest BCUT2D eigenvalue weighted by Gasteiger charge is 2.11. The van der Waals surface area contributed by atoms with Crippen molar-refractivity contribution in [2.24, 2.45) is 0 Å². The molecule has 0 bridgehead atoms. The Morgan fingerprint density at radius 1 is 1.19 bits per heavy atom. The molecule has 0 heterocycles. The Kier molecular flexibility index (Phi) is 9.01. The first kappa shape index (κ1) is 17.9. The number of aryl methyl sites for hydroxylation is 1. The first-order chi connectivity index (χ1) is 10.2. The largest absolute Gasteiger partial charge is 0.491 e. The Morgan fingerprint density at radius 2 is 1.90 bits per heavy atom. The van der Waals surface area contributed by atoms with Crippen LogP contribution in [0.25, 0.3) is 0 Å². The van der Waals surface area contributed by atoms with E-state index < -0.39 is 6.10 Å². The number of ether oxygens (including phenoxy) is 2. The summed E-state index contributed by atoms with van der Waals surface area (Å²) in [5, 5.41) is 22.0. The van der Waals surface area contributed by atoms with Crippen LogP contribution in [0.15, 0.2) is 24.3 Å². The van der Waals surface area contributed by atoms with Crippen molar-refractivity contribution >= 4 is 0 Å². The fourth-order valence-corrected chi connectivity index (χ4v) is 1.98. The van der Waals surface area contributed by atoms with Crippen LogP contribution >= 0.6 is 0 Å². The zero-order chi connectivity index (χ0) is 15.5. The van der Waals surface area contributed by atoms with Gasteiger partial charge in [0.15, 0.2) is 0 Å². The Balaban J connectivity index is 2.27. The first-order valence-electron chi connectivity index (χ1n) is 7.42. The van der Waals surface area contributed by atoms with Gasteiger partial charge in [0.2, 0.25) is 0 Å². The van der Waals surface area contributed by atoms with Crippen molar-refractivity contribution in [1.82, 2.24) is 5.32 Å². The minimum Gasteiger partial charge on any atom is -0.491 e. The third kappa shape index (κ3) is 7.43. The monoisotopic (exact) mass is 297 g/mol. The van der Waals surface area contributed by atoms with Crippen LogP contribution in [0.3, 0.4) is 0 Å². The average molecular weight is 297 g/mol. The van der Waals surface area contributed by atoms with Gasteiger partial charge in [-0.2, -0.15) is 0 Å². The van der Waals surface area contributed by atoms with Crippen molar-refractivity contribution in [3.63, 3.8) is 0 Å². The van der Waals surface area contributed by atoms with Gasteiger partial charge in [-0.1, -0.05) is 19.1 Å². The topological polar surface area (TPSA) is 71.0 Å². The Labute approximate surface area is 126 Å². The van der Waals surface area contributed by atoms with Crippen molar-refractivity contribution in [2.45, 2.75) is 31.9 Å². The lowest BCUT2D eigenvalue weighted by atomic mass is 10.2. The van der Waals surface area contributed by atoms with E-state index in [0.29, 0.717) is 19.6 Å². The summed E-state index contributed by atoms with van der Waals surface area (Å²) in [7, 11) is 1.62. The number of hydrogen-bond acceptors (Lipinski definition) is 5. The first-order valence-corrected chi connectivity index (χ1v) is 7.42. The molecule has 0 saturated heterocycles. The van der Waals surface area contributed by atoms with Crippen molar-refractivity contribution < 1.29 is 19.7 Å². The normalized spacial score (nSPS) is 13.9. The van der Waals surface area contributed by atoms with Gasteiger partial charge in [0.1, 0.15) is 18.5 Å². The molecule has 21 heavy (non-hydrogen) atoms. The lowest BCUT2D eigenvalue weighted by Crippen LogP contribution is -2.40. The van der Waals surface area contributed by atoms with Crippen LogP contribution in [0.5, 0.6) is 5.75 Å². The third-order valence-corrected chi connectivity index (χ3v) is 3.26. The maximum Gasteiger partial charge on any atom is 0.119 e. The minimum absolute atomic E-state index is 0.0403. The van der Waals surface area contributed by atoms with Crippen molar-refractivity contribution in [2.75, 3.05) is 33.5 Å². The quantitative estimate of drug-likeness (QED) is 0.568. The van der Waals surface area contributed by atoms with E-state index in [9.17, 15) is 5.11 Å². The molecular weight excluding hydrogens is 270 g/mol. The molecule has 5 heteroatoms. The molecule has 2 unspecified atom stereocenters. The van der Waals surface area contributed by atoms with Gasteiger partial charge >= 0.3 is 0 Å². The van der Waals surface area contributed by atoms with Gasteiger partial charge in [0.05, 0.1) is 6.61 Å². The predicted molar refractivity (Wildman–Crippen MR) is 82.7 cm³/mol. The fourth-order valence-electron chi connectivity index (χ4n) is 1.98. The number of aliphatic hydroxyl groups is 2. The summed E-state index contributed by atoms with van der Waals surface area (Å²) < 4.78 is 10.6. The fraction of sp³-hybridized carbons (Fsp3) is 0.625. The second kappa shape index (κ2) is 10.6. The second-order valence-electron chi connectivity index (χ2n) is 5.04. The number of rotatable bonds is 11. The summed E-state index contributed by atoms with van der Waals surface area (Å²) >= 11 is 0. The van der Waals surface area contributed by atoms with E-state index in [4.69, 9.17) is 14.6 Å². The zero-order valence-electron chi connectivity index (χ0n) is 12.9. The molecule has 1 aromatic carbocycles. The summed E-state index contributed by atoms with van der Waals surface area (Å²) in [6, 6.07) is 7.92. The highest BCUT2D eigenvalue weighted by Crippen LogP contribution is 2.12. The predicted octanol–water partition coefficient (Wildman–Crippen LogP) is 0.976. The Morgan fingerprint density at radius 3 is 2.48 bits per heavy atom. The molecular formula is C16H27NO4. The molecule has 0 fully saturated rings. The number of hydrogen-bond donors (Lipinski definition) is 3. The third-order valence-electron chi connectivity index (χ3n) is 3.26. The van der Waals surface area contributed by atoms with Crippen LogP contribution < -0.4 is 10.1 Å². The Hall–Kier alpha value is -1.14. The molecule has 0 aromatic heterocycles. The zero-order valence-corrected chi connectivity index (χ0v) is 12.9. The maximum atomic E-state index is 9.91. The number of methoxy groups -OCH3 is 1. The van der Waals surface area contributed by atoms with E-state index in [-0.39, 0.29) is 19.3 Å². The summed E-state index contributed by atoms with van der Waals surface area (Å²) in [4.78, 5) is 0. The van der Waals surface area contributed by atoms with Gasteiger partial charge in [-0.15, -0.1) is 0 Å². The molecule has 0 amide bonds. The molecule has 0 spiro atoms. The number of aliphatic hydroxyl groups excluding tert-OH is 2. The van der Waals surface area contributed by atoms with Crippen molar-refractivity contribution in [1.29, 1.82) is 0 Å². The Bertz CT molecular complexity index is 363. The van der Waals surface area contributed by atoms with E-state index in [0.717, 1.165) is 12.2 Å². The summed E-state index contributed by atoms with van der Waals surface area (Å²) in [5.41, 5.74) is 1.26. The van der Waals surface area contributed by atoms with Crippen LogP contribution in [0, 0.1) is 0 Å². The molecule has 3 N–H and O–H groups in total. The molecule has 1 aromatic rings. The number of nitrogens with one attached hydrogen (secondary N) is 1. The molecule has 0 aliphatic heterocycles. The van der Waals surface area contributed by atoms with Gasteiger partial charge in [-0.3, -0.25) is 0 Å². The van der Waals surface area contributed by atoms with Crippen molar-refractivity contribution in [3.8, 4) is 5.75 Å². The van der Waals surface area contributed by atoms with Gasteiger partial charge in [0.25, 0.3) is 0 Å². The van der Waals surface area contributed by atoms with E-state index >= 15 is 0 Å². The average Bonchev–Trinajstić information content (AvgIpc) is 2.51. The maximum absolute atomic E-state index is 9.91. The van der Waals surface area contributed by atoms with Gasteiger partial charge < -0.3 is 25.0 Å². The molecule has 0 radical (unpaired) electrons. The van der Waals surface area contributed by atoms with Gasteiger partial charge in [-0.05, 0) is 30.5 Å². The lowest BCUT2D eigenvalue weighted by Gasteiger charge is -2.19. The molecule has 120 valence electrons. The smallest absolute Gasteiger partial charge is 0.119 e. The SMILES string of the molecule is CCc1ccc(OCC(O)CNC(CCO)COC)cc1. The molecule has 0 aliphatic rings. The molecule has 0 aliphatic carbocycles. The molecule has 5 nitrogen and oxygen atoms in total. The minimum atomic E-state index is -0.603. The van der Waals surface area contributed by atoms with Crippen LogP contribution in [-0.2, 0) is 11.2 Å². The summed E-state index contributed by atoms with van der Waals surface area (Å²) in [6.07, 6.45) is 0.993. The highest BCUT2D eigenvalue weighted by molar-refractivity contribution is 5.27. The lowest BCUT2D eigenvalue weighted by molar-refractivity contribution is 0.0919. The number of benzene rings is 1. The van der Waals surface area contributed by atoms with E-state index in [1.165, 1.54) is 5.56 Å². The van der Waals surface area contributed by atoms with Crippen LogP contribution in [0.2, 0.25) is 0 Å². The standard InChI is InChI=1S/C16H27NO4/c1-3-13-4-6-16(7-5-13)21-12-15(19)10-17-14(8-9-18)11-20-2/h4-7,14-15,17-19H,3,8-12H2,1-2H3. The van der Waals surface area contributed by atoms with Crippen LogP contribution in [0.4, 0.5) is 0 Å². The summed E-state index contributed by atoms with van der Waals surface area (Å²) in [5.74, 6) is 0.759. The second-order valence-corrected chi connectivity index (χ2v) is 5.04. The van der Waals surface area contributed by atoms with Gasteiger partial charge in [-0.25, -0.2) is 0 Å². The molecule has 1 rings (SSSR count).